The molecule has 2 heterocycles. The van der Waals surface area contributed by atoms with Gasteiger partial charge in [0.25, 0.3) is 5.69 Å². The fraction of sp³-hybridized carbons (Fsp3) is 0.160. The summed E-state index contributed by atoms with van der Waals surface area (Å²) >= 11 is 1.32. The minimum Gasteiger partial charge on any atom is -0.292 e. The van der Waals surface area contributed by atoms with Crippen molar-refractivity contribution in [3.8, 4) is 0 Å². The predicted molar refractivity (Wildman–Crippen MR) is 135 cm³/mol. The highest BCUT2D eigenvalue weighted by Gasteiger charge is 2.55. The van der Waals surface area contributed by atoms with Gasteiger partial charge in [0.05, 0.1) is 22.0 Å². The molecular weight excluding hydrogens is 450 g/mol. The number of carbonyl (C=O) groups is 1. The fourth-order valence-electron chi connectivity index (χ4n) is 4.19. The van der Waals surface area contributed by atoms with E-state index in [9.17, 15) is 14.9 Å². The lowest BCUT2D eigenvalue weighted by Crippen LogP contribution is -2.53. The maximum Gasteiger partial charge on any atom is 0.269 e. The van der Waals surface area contributed by atoms with Gasteiger partial charge in [0.15, 0.2) is 10.8 Å². The number of fused-ring (bicyclic) bond motifs is 2. The maximum atomic E-state index is 12.5. The van der Waals surface area contributed by atoms with E-state index in [2.05, 4.69) is 6.92 Å². The molecule has 2 aliphatic rings. The summed E-state index contributed by atoms with van der Waals surface area (Å²) in [5, 5.41) is 25.0. The van der Waals surface area contributed by atoms with Crippen LogP contribution in [0.15, 0.2) is 89.1 Å². The molecule has 0 amide bonds. The smallest absolute Gasteiger partial charge is 0.269 e. The van der Waals surface area contributed by atoms with Gasteiger partial charge in [-0.05, 0) is 42.4 Å². The fourth-order valence-corrected chi connectivity index (χ4v) is 5.48. The summed E-state index contributed by atoms with van der Waals surface area (Å²) in [5.41, 5.74) is 4.27. The Bertz CT molecular complexity index is 1340. The quantitative estimate of drug-likeness (QED) is 0.361. The summed E-state index contributed by atoms with van der Waals surface area (Å²) in [5.74, 6) is -0.162. The van der Waals surface area contributed by atoms with E-state index in [4.69, 9.17) is 10.2 Å². The molecule has 3 aromatic rings. The zero-order valence-corrected chi connectivity index (χ0v) is 19.4. The number of nitro groups is 1. The molecule has 0 radical (unpaired) electrons. The Labute approximate surface area is 200 Å². The maximum absolute atomic E-state index is 12.5. The second-order valence-electron chi connectivity index (χ2n) is 7.85. The number of nitro benzene ring substituents is 1. The van der Waals surface area contributed by atoms with Crippen LogP contribution in [0.25, 0.3) is 0 Å². The summed E-state index contributed by atoms with van der Waals surface area (Å²) in [7, 11) is 0. The van der Waals surface area contributed by atoms with Crippen LogP contribution < -0.4 is 10.0 Å². The number of para-hydroxylation sites is 1. The van der Waals surface area contributed by atoms with E-state index in [0.717, 1.165) is 28.9 Å². The van der Waals surface area contributed by atoms with E-state index in [1.54, 1.807) is 17.1 Å². The van der Waals surface area contributed by atoms with Crippen molar-refractivity contribution in [2.75, 3.05) is 10.0 Å². The average Bonchev–Trinajstić information content (AvgIpc) is 3.26. The number of hydrazone groups is 2. The molecule has 34 heavy (non-hydrogen) atoms. The number of Topliss-reactive ketones (excluding diaryl/α,β-unsaturated/α-hetero) is 1. The molecule has 0 bridgehead atoms. The molecule has 0 unspecified atom stereocenters. The molecule has 0 fully saturated rings. The van der Waals surface area contributed by atoms with Crippen LogP contribution in [0.3, 0.4) is 0 Å². The zero-order valence-electron chi connectivity index (χ0n) is 18.6. The highest BCUT2D eigenvalue weighted by molar-refractivity contribution is 8.17. The van der Waals surface area contributed by atoms with Crippen molar-refractivity contribution in [3.63, 3.8) is 0 Å². The number of hydrogen-bond acceptors (Lipinski definition) is 8. The first-order valence-corrected chi connectivity index (χ1v) is 11.6. The highest BCUT2D eigenvalue weighted by Crippen LogP contribution is 2.54. The normalized spacial score (nSPS) is 19.0. The Morgan fingerprint density at radius 2 is 1.56 bits per heavy atom. The average molecular weight is 472 g/mol. The van der Waals surface area contributed by atoms with Gasteiger partial charge >= 0.3 is 0 Å². The standard InChI is InChI=1S/C25H21N5O3S/c1-3-23-21-11-7-8-12-22(21)25(28(26-23)18-9-5-4-6-10-18)29(27-24(34-25)17(2)31)19-13-15-20(16-14-19)30(32)33/h4-16H,3H2,1-2H3/t25-/m1/s1. The van der Waals surface area contributed by atoms with Crippen molar-refractivity contribution >= 4 is 45.4 Å². The number of non-ortho nitro benzene ring substituents is 1. The Balaban J connectivity index is 1.79. The summed E-state index contributed by atoms with van der Waals surface area (Å²) < 4.78 is 0. The number of anilines is 2. The lowest BCUT2D eigenvalue weighted by atomic mass is 9.96. The monoisotopic (exact) mass is 471 g/mol. The second kappa shape index (κ2) is 8.42. The molecule has 5 rings (SSSR count). The first-order valence-electron chi connectivity index (χ1n) is 10.8. The number of ketones is 1. The molecular formula is C25H21N5O3S. The molecule has 9 heteroatoms. The van der Waals surface area contributed by atoms with Crippen LogP contribution in [0.1, 0.15) is 31.4 Å². The lowest BCUT2D eigenvalue weighted by Gasteiger charge is -2.47. The van der Waals surface area contributed by atoms with Gasteiger partial charge in [-0.25, -0.2) is 10.0 Å². The number of thioether (sulfide) groups is 1. The van der Waals surface area contributed by atoms with Gasteiger partial charge in [0.2, 0.25) is 4.99 Å². The van der Waals surface area contributed by atoms with E-state index in [0.29, 0.717) is 10.7 Å². The van der Waals surface area contributed by atoms with E-state index in [1.165, 1.54) is 30.8 Å². The van der Waals surface area contributed by atoms with Gasteiger partial charge < -0.3 is 0 Å². The van der Waals surface area contributed by atoms with Crippen molar-refractivity contribution in [1.29, 1.82) is 0 Å². The Kier molecular flexibility index (Phi) is 5.41. The third-order valence-electron chi connectivity index (χ3n) is 5.76. The zero-order chi connectivity index (χ0) is 23.9. The third-order valence-corrected chi connectivity index (χ3v) is 7.17. The molecule has 3 aromatic carbocycles. The molecule has 0 saturated heterocycles. The third kappa shape index (κ3) is 3.36. The van der Waals surface area contributed by atoms with Crippen LogP contribution in [-0.2, 0) is 9.79 Å². The SMILES string of the molecule is CCC1=NN(c2ccccc2)[C@]2(SC(C(C)=O)=NN2c2ccc([N+](=O)[O-])cc2)c2ccccc21. The van der Waals surface area contributed by atoms with Crippen LogP contribution in [0, 0.1) is 10.1 Å². The van der Waals surface area contributed by atoms with E-state index in [1.807, 2.05) is 59.6 Å². The molecule has 170 valence electrons. The molecule has 0 saturated carbocycles. The van der Waals surface area contributed by atoms with Crippen LogP contribution in [0.2, 0.25) is 0 Å². The first-order chi connectivity index (χ1) is 16.5. The minimum atomic E-state index is -1.03. The number of benzene rings is 3. The molecule has 1 spiro atoms. The lowest BCUT2D eigenvalue weighted by molar-refractivity contribution is -0.384. The van der Waals surface area contributed by atoms with Gasteiger partial charge in [-0.3, -0.25) is 14.9 Å². The van der Waals surface area contributed by atoms with Crippen LogP contribution >= 0.6 is 11.8 Å². The van der Waals surface area contributed by atoms with Crippen LogP contribution in [-0.4, -0.2) is 21.5 Å². The van der Waals surface area contributed by atoms with Crippen molar-refractivity contribution in [1.82, 2.24) is 0 Å². The minimum absolute atomic E-state index is 0.0179. The summed E-state index contributed by atoms with van der Waals surface area (Å²) in [6.45, 7) is 3.55. The van der Waals surface area contributed by atoms with E-state index in [-0.39, 0.29) is 11.5 Å². The summed E-state index contributed by atoms with van der Waals surface area (Å²) in [6.07, 6.45) is 0.721. The topological polar surface area (TPSA) is 91.4 Å². The number of rotatable bonds is 5. The van der Waals surface area contributed by atoms with Crippen molar-refractivity contribution in [3.05, 3.63) is 100 Å². The Hall–Kier alpha value is -3.98. The first kappa shape index (κ1) is 21.8. The van der Waals surface area contributed by atoms with Gasteiger partial charge in [-0.1, -0.05) is 49.4 Å². The van der Waals surface area contributed by atoms with Crippen molar-refractivity contribution < 1.29 is 9.72 Å². The molecule has 1 atom stereocenters. The number of nitrogens with zero attached hydrogens (tertiary/aromatic N) is 5. The number of carbonyl (C=O) groups excluding carboxylic acids is 1. The van der Waals surface area contributed by atoms with Crippen LogP contribution in [0.5, 0.6) is 0 Å². The summed E-state index contributed by atoms with van der Waals surface area (Å²) in [4.78, 5) is 22.3. The highest BCUT2D eigenvalue weighted by atomic mass is 32.2. The Morgan fingerprint density at radius 1 is 0.941 bits per heavy atom. The predicted octanol–water partition coefficient (Wildman–Crippen LogP) is 5.50. The van der Waals surface area contributed by atoms with E-state index < -0.39 is 9.92 Å². The molecule has 0 aromatic heterocycles. The van der Waals surface area contributed by atoms with Crippen LogP contribution in [0.4, 0.5) is 17.1 Å². The molecule has 0 aliphatic carbocycles. The number of hydrogen-bond donors (Lipinski definition) is 0. The molecule has 8 nitrogen and oxygen atoms in total. The van der Waals surface area contributed by atoms with Gasteiger partial charge in [0, 0.05) is 30.2 Å². The van der Waals surface area contributed by atoms with E-state index >= 15 is 0 Å². The molecule has 2 aliphatic heterocycles. The molecule has 0 N–H and O–H groups in total. The van der Waals surface area contributed by atoms with Gasteiger partial charge in [-0.15, -0.1) is 0 Å². The summed E-state index contributed by atoms with van der Waals surface area (Å²) in [6, 6.07) is 23.9. The Morgan fingerprint density at radius 3 is 2.21 bits per heavy atom. The van der Waals surface area contributed by atoms with Gasteiger partial charge in [-0.2, -0.15) is 10.2 Å². The second-order valence-corrected chi connectivity index (χ2v) is 9.01. The van der Waals surface area contributed by atoms with Crippen molar-refractivity contribution in [2.45, 2.75) is 25.3 Å². The van der Waals surface area contributed by atoms with Gasteiger partial charge in [0.1, 0.15) is 0 Å². The largest absolute Gasteiger partial charge is 0.292 e. The van der Waals surface area contributed by atoms with Crippen molar-refractivity contribution in [2.24, 2.45) is 10.2 Å².